The Morgan fingerprint density at radius 1 is 1.12 bits per heavy atom. The molecule has 1 aromatic heterocycles. The maximum atomic E-state index is 12.9. The van der Waals surface area contributed by atoms with Crippen molar-refractivity contribution in [3.05, 3.63) is 53.1 Å². The first-order valence-corrected chi connectivity index (χ1v) is 9.28. The summed E-state index contributed by atoms with van der Waals surface area (Å²) in [5, 5.41) is 0. The Balaban J connectivity index is 1.55. The molecule has 2 aliphatic rings. The van der Waals surface area contributed by atoms with E-state index < -0.39 is 0 Å². The van der Waals surface area contributed by atoms with Crippen molar-refractivity contribution in [1.29, 1.82) is 0 Å². The fourth-order valence-electron chi connectivity index (χ4n) is 3.75. The second-order valence-corrected chi connectivity index (χ2v) is 7.20. The van der Waals surface area contributed by atoms with E-state index in [2.05, 4.69) is 9.55 Å². The van der Waals surface area contributed by atoms with Gasteiger partial charge < -0.3 is 14.4 Å². The minimum atomic E-state index is 0.0582. The fraction of sp³-hybridized carbons (Fsp3) is 0.450. The van der Waals surface area contributed by atoms with Gasteiger partial charge in [-0.15, -0.1) is 0 Å². The highest BCUT2D eigenvalue weighted by Crippen LogP contribution is 2.21. The van der Waals surface area contributed by atoms with Gasteiger partial charge in [0, 0.05) is 31.6 Å². The molecule has 6 nitrogen and oxygen atoms in total. The Kier molecular flexibility index (Phi) is 4.49. The zero-order valence-corrected chi connectivity index (χ0v) is 15.1. The number of fused-ring (bicyclic) bond motifs is 1. The third-order valence-corrected chi connectivity index (χ3v) is 5.30. The van der Waals surface area contributed by atoms with Crippen LogP contribution in [0.15, 0.2) is 30.6 Å². The highest BCUT2D eigenvalue weighted by atomic mass is 16.2. The van der Waals surface area contributed by atoms with Crippen molar-refractivity contribution in [2.75, 3.05) is 13.1 Å². The van der Waals surface area contributed by atoms with E-state index in [0.29, 0.717) is 19.5 Å². The van der Waals surface area contributed by atoms with Crippen molar-refractivity contribution in [2.45, 2.75) is 45.8 Å². The lowest BCUT2D eigenvalue weighted by Crippen LogP contribution is -2.31. The maximum Gasteiger partial charge on any atom is 0.254 e. The van der Waals surface area contributed by atoms with Crippen LogP contribution in [-0.2, 0) is 24.4 Å². The normalized spacial score (nSPS) is 17.3. The van der Waals surface area contributed by atoms with Crippen molar-refractivity contribution in [3.63, 3.8) is 0 Å². The van der Waals surface area contributed by atoms with Crippen LogP contribution in [0.2, 0.25) is 0 Å². The SMILES string of the molecule is Cc1ccc(C(=O)N2CCCn3cnc(CN4CCCC4=O)c3C2)cc1. The van der Waals surface area contributed by atoms with Gasteiger partial charge in [-0.1, -0.05) is 17.7 Å². The lowest BCUT2D eigenvalue weighted by molar-refractivity contribution is -0.128. The van der Waals surface area contributed by atoms with Crippen molar-refractivity contribution in [1.82, 2.24) is 19.4 Å². The van der Waals surface area contributed by atoms with Gasteiger partial charge in [0.15, 0.2) is 0 Å². The van der Waals surface area contributed by atoms with Gasteiger partial charge in [0.25, 0.3) is 5.91 Å². The first kappa shape index (κ1) is 16.8. The number of hydrogen-bond acceptors (Lipinski definition) is 3. The summed E-state index contributed by atoms with van der Waals surface area (Å²) in [6.45, 7) is 5.50. The molecule has 0 bridgehead atoms. The number of nitrogens with zero attached hydrogens (tertiary/aromatic N) is 4. The summed E-state index contributed by atoms with van der Waals surface area (Å²) in [5.41, 5.74) is 3.85. The third kappa shape index (κ3) is 3.23. The van der Waals surface area contributed by atoms with Crippen LogP contribution in [0, 0.1) is 6.92 Å². The Morgan fingerprint density at radius 2 is 1.92 bits per heavy atom. The molecule has 1 fully saturated rings. The number of aromatic nitrogens is 2. The molecule has 0 aliphatic carbocycles. The average Bonchev–Trinajstić information content (AvgIpc) is 3.14. The van der Waals surface area contributed by atoms with Crippen molar-refractivity contribution >= 4 is 11.8 Å². The van der Waals surface area contributed by atoms with Crippen LogP contribution in [0.4, 0.5) is 0 Å². The molecular formula is C20H24N4O2. The number of hydrogen-bond donors (Lipinski definition) is 0. The number of carbonyl (C=O) groups excluding carboxylic acids is 2. The molecular weight excluding hydrogens is 328 g/mol. The Labute approximate surface area is 153 Å². The number of carbonyl (C=O) groups is 2. The Bertz CT molecular complexity index is 825. The van der Waals surface area contributed by atoms with Crippen molar-refractivity contribution in [3.8, 4) is 0 Å². The maximum absolute atomic E-state index is 12.9. The second kappa shape index (κ2) is 6.94. The molecule has 4 rings (SSSR count). The van der Waals surface area contributed by atoms with Crippen LogP contribution < -0.4 is 0 Å². The van der Waals surface area contributed by atoms with Crippen LogP contribution in [0.25, 0.3) is 0 Å². The van der Waals surface area contributed by atoms with Crippen LogP contribution in [0.1, 0.15) is 46.6 Å². The molecule has 1 aromatic carbocycles. The zero-order valence-electron chi connectivity index (χ0n) is 15.1. The predicted octanol–water partition coefficient (Wildman–Crippen LogP) is 2.36. The minimum Gasteiger partial charge on any atom is -0.337 e. The number of benzene rings is 1. The molecule has 0 unspecified atom stereocenters. The molecule has 0 saturated carbocycles. The molecule has 0 radical (unpaired) electrons. The molecule has 0 N–H and O–H groups in total. The van der Waals surface area contributed by atoms with Crippen LogP contribution >= 0.6 is 0 Å². The van der Waals surface area contributed by atoms with Gasteiger partial charge >= 0.3 is 0 Å². The van der Waals surface area contributed by atoms with E-state index in [0.717, 1.165) is 55.0 Å². The molecule has 26 heavy (non-hydrogen) atoms. The van der Waals surface area contributed by atoms with E-state index in [9.17, 15) is 9.59 Å². The van der Waals surface area contributed by atoms with E-state index in [4.69, 9.17) is 0 Å². The third-order valence-electron chi connectivity index (χ3n) is 5.30. The summed E-state index contributed by atoms with van der Waals surface area (Å²) in [6.07, 6.45) is 4.31. The molecule has 2 aromatic rings. The summed E-state index contributed by atoms with van der Waals surface area (Å²) >= 11 is 0. The smallest absolute Gasteiger partial charge is 0.254 e. The quantitative estimate of drug-likeness (QED) is 0.852. The highest BCUT2D eigenvalue weighted by Gasteiger charge is 2.26. The van der Waals surface area contributed by atoms with Gasteiger partial charge in [0.2, 0.25) is 5.91 Å². The van der Waals surface area contributed by atoms with Gasteiger partial charge in [-0.2, -0.15) is 0 Å². The van der Waals surface area contributed by atoms with Gasteiger partial charge in [0.05, 0.1) is 30.8 Å². The fourth-order valence-corrected chi connectivity index (χ4v) is 3.75. The molecule has 136 valence electrons. The highest BCUT2D eigenvalue weighted by molar-refractivity contribution is 5.94. The van der Waals surface area contributed by atoms with Gasteiger partial charge in [0.1, 0.15) is 0 Å². The molecule has 3 heterocycles. The van der Waals surface area contributed by atoms with Gasteiger partial charge in [-0.05, 0) is 31.9 Å². The molecule has 2 aliphatic heterocycles. The van der Waals surface area contributed by atoms with Crippen molar-refractivity contribution in [2.24, 2.45) is 0 Å². The van der Waals surface area contributed by atoms with E-state index >= 15 is 0 Å². The van der Waals surface area contributed by atoms with Crippen LogP contribution in [-0.4, -0.2) is 44.3 Å². The number of rotatable bonds is 3. The predicted molar refractivity (Wildman–Crippen MR) is 97.4 cm³/mol. The number of amides is 2. The second-order valence-electron chi connectivity index (χ2n) is 7.20. The van der Waals surface area contributed by atoms with Crippen molar-refractivity contribution < 1.29 is 9.59 Å². The molecule has 6 heteroatoms. The summed E-state index contributed by atoms with van der Waals surface area (Å²) in [5.74, 6) is 0.260. The summed E-state index contributed by atoms with van der Waals surface area (Å²) in [4.78, 5) is 33.2. The first-order chi connectivity index (χ1) is 12.6. The number of imidazole rings is 1. The van der Waals surface area contributed by atoms with E-state index in [1.165, 1.54) is 0 Å². The van der Waals surface area contributed by atoms with E-state index in [1.807, 2.05) is 47.3 Å². The van der Waals surface area contributed by atoms with E-state index in [-0.39, 0.29) is 11.8 Å². The largest absolute Gasteiger partial charge is 0.337 e. The summed E-state index contributed by atoms with van der Waals surface area (Å²) in [6, 6.07) is 7.73. The molecule has 2 amide bonds. The average molecular weight is 352 g/mol. The Morgan fingerprint density at radius 3 is 2.65 bits per heavy atom. The molecule has 1 saturated heterocycles. The van der Waals surface area contributed by atoms with Gasteiger partial charge in [-0.3, -0.25) is 9.59 Å². The summed E-state index contributed by atoms with van der Waals surface area (Å²) < 4.78 is 2.14. The lowest BCUT2D eigenvalue weighted by atomic mass is 10.1. The number of likely N-dealkylation sites (tertiary alicyclic amines) is 1. The topological polar surface area (TPSA) is 58.4 Å². The van der Waals surface area contributed by atoms with Crippen LogP contribution in [0.5, 0.6) is 0 Å². The Hall–Kier alpha value is -2.63. The zero-order chi connectivity index (χ0) is 18.1. The monoisotopic (exact) mass is 352 g/mol. The number of aryl methyl sites for hydroxylation is 2. The molecule has 0 atom stereocenters. The van der Waals surface area contributed by atoms with Crippen LogP contribution in [0.3, 0.4) is 0 Å². The standard InChI is InChI=1S/C20H24N4O2/c1-15-5-7-16(8-6-15)20(26)23-10-3-11-24-14-21-17(18(24)13-23)12-22-9-2-4-19(22)25/h5-8,14H,2-4,9-13H2,1H3. The lowest BCUT2D eigenvalue weighted by Gasteiger charge is -2.22. The minimum absolute atomic E-state index is 0.0582. The summed E-state index contributed by atoms with van der Waals surface area (Å²) in [7, 11) is 0. The molecule has 0 spiro atoms. The first-order valence-electron chi connectivity index (χ1n) is 9.28. The van der Waals surface area contributed by atoms with Gasteiger partial charge in [-0.25, -0.2) is 4.98 Å². The van der Waals surface area contributed by atoms with E-state index in [1.54, 1.807) is 0 Å².